The van der Waals surface area contributed by atoms with Crippen LogP contribution in [-0.2, 0) is 0 Å². The maximum absolute atomic E-state index is 5.01. The summed E-state index contributed by atoms with van der Waals surface area (Å²) in [6.07, 6.45) is 0. The van der Waals surface area contributed by atoms with Gasteiger partial charge in [0.05, 0.1) is 11.0 Å². The van der Waals surface area contributed by atoms with Crippen LogP contribution < -0.4 is 0 Å². The maximum atomic E-state index is 5.01. The van der Waals surface area contributed by atoms with Crippen molar-refractivity contribution in [3.05, 3.63) is 158 Å². The molecule has 0 unspecified atom stereocenters. The highest BCUT2D eigenvalue weighted by molar-refractivity contribution is 6.09. The van der Waals surface area contributed by atoms with Crippen molar-refractivity contribution in [3.63, 3.8) is 0 Å². The second-order valence-electron chi connectivity index (χ2n) is 11.4. The molecule has 0 saturated carbocycles. The molecule has 0 spiro atoms. The lowest BCUT2D eigenvalue weighted by atomic mass is 10.0. The molecule has 9 aromatic rings. The lowest BCUT2D eigenvalue weighted by molar-refractivity contribution is 1.07. The molecule has 0 radical (unpaired) electrons. The Balaban J connectivity index is 1.18. The topological polar surface area (TPSA) is 43.6 Å². The molecule has 0 aliphatic carbocycles. The van der Waals surface area contributed by atoms with Crippen LogP contribution in [-0.4, -0.2) is 19.5 Å². The average Bonchev–Trinajstić information content (AvgIpc) is 3.45. The number of rotatable bonds is 4. The van der Waals surface area contributed by atoms with E-state index < -0.39 is 0 Å². The highest BCUT2D eigenvalue weighted by Crippen LogP contribution is 2.34. The number of hydrogen-bond donors (Lipinski definition) is 0. The molecule has 45 heavy (non-hydrogen) atoms. The van der Waals surface area contributed by atoms with Gasteiger partial charge in [0, 0.05) is 33.2 Å². The van der Waals surface area contributed by atoms with Gasteiger partial charge in [0.1, 0.15) is 0 Å². The smallest absolute Gasteiger partial charge is 0.164 e. The van der Waals surface area contributed by atoms with Crippen LogP contribution in [0.5, 0.6) is 0 Å². The highest BCUT2D eigenvalue weighted by atomic mass is 15.0. The number of para-hydroxylation sites is 2. The largest absolute Gasteiger partial charge is 0.309 e. The van der Waals surface area contributed by atoms with Crippen molar-refractivity contribution in [2.45, 2.75) is 0 Å². The molecule has 7 aromatic carbocycles. The Morgan fingerprint density at radius 1 is 0.333 bits per heavy atom. The Kier molecular flexibility index (Phi) is 5.78. The molecule has 0 fully saturated rings. The van der Waals surface area contributed by atoms with Gasteiger partial charge in [-0.25, -0.2) is 15.0 Å². The van der Waals surface area contributed by atoms with Crippen molar-refractivity contribution in [2.24, 2.45) is 0 Å². The molecule has 0 atom stereocenters. The zero-order valence-corrected chi connectivity index (χ0v) is 24.3. The molecule has 4 heteroatoms. The van der Waals surface area contributed by atoms with Crippen LogP contribution in [0.25, 0.3) is 83.2 Å². The second-order valence-corrected chi connectivity index (χ2v) is 11.4. The van der Waals surface area contributed by atoms with Crippen LogP contribution >= 0.6 is 0 Å². The van der Waals surface area contributed by atoms with Crippen LogP contribution in [0.2, 0.25) is 0 Å². The third kappa shape index (κ3) is 4.35. The third-order valence-corrected chi connectivity index (χ3v) is 8.60. The SMILES string of the molecule is c1ccc(-c2nc(-c3ccc4ccccc4c3)nc(-c3ccc4cc(-n5c6ccccc6c6ccccc65)ccc4c3)n2)cc1. The fourth-order valence-electron chi connectivity index (χ4n) is 6.39. The zero-order valence-electron chi connectivity index (χ0n) is 24.3. The van der Waals surface area contributed by atoms with E-state index >= 15 is 0 Å². The summed E-state index contributed by atoms with van der Waals surface area (Å²) in [4.78, 5) is 14.9. The standard InChI is InChI=1S/C41H26N4/c1-2-11-28(12-3-1)39-42-40(32-20-18-27-10-4-5-13-29(27)24-32)44-41(43-39)33-21-19-31-26-34(23-22-30(31)25-33)45-37-16-8-6-14-35(37)36-15-7-9-17-38(36)45/h1-26H. The lowest BCUT2D eigenvalue weighted by Crippen LogP contribution is -2.00. The first-order chi connectivity index (χ1) is 22.3. The molecule has 0 bridgehead atoms. The van der Waals surface area contributed by atoms with Crippen molar-refractivity contribution >= 4 is 43.4 Å². The van der Waals surface area contributed by atoms with E-state index in [0.717, 1.165) is 38.5 Å². The van der Waals surface area contributed by atoms with E-state index in [4.69, 9.17) is 15.0 Å². The van der Waals surface area contributed by atoms with Crippen LogP contribution in [0.3, 0.4) is 0 Å². The Hall–Kier alpha value is -6.13. The van der Waals surface area contributed by atoms with Gasteiger partial charge in [-0.3, -0.25) is 0 Å². The molecule has 0 amide bonds. The summed E-state index contributed by atoms with van der Waals surface area (Å²) >= 11 is 0. The van der Waals surface area contributed by atoms with Crippen molar-refractivity contribution in [3.8, 4) is 39.9 Å². The van der Waals surface area contributed by atoms with Crippen LogP contribution in [0.4, 0.5) is 0 Å². The summed E-state index contributed by atoms with van der Waals surface area (Å²) in [5.74, 6) is 1.97. The van der Waals surface area contributed by atoms with Crippen LogP contribution in [0.1, 0.15) is 0 Å². The van der Waals surface area contributed by atoms with E-state index in [9.17, 15) is 0 Å². The monoisotopic (exact) mass is 574 g/mol. The second kappa shape index (κ2) is 10.2. The Morgan fingerprint density at radius 3 is 1.47 bits per heavy atom. The van der Waals surface area contributed by atoms with Crippen molar-refractivity contribution < 1.29 is 0 Å². The van der Waals surface area contributed by atoms with Crippen LogP contribution in [0.15, 0.2) is 158 Å². The predicted molar refractivity (Wildman–Crippen MR) is 185 cm³/mol. The molecule has 210 valence electrons. The van der Waals surface area contributed by atoms with Crippen molar-refractivity contribution in [1.29, 1.82) is 0 Å². The molecule has 2 aromatic heterocycles. The number of hydrogen-bond acceptors (Lipinski definition) is 3. The molecule has 0 saturated heterocycles. The summed E-state index contributed by atoms with van der Waals surface area (Å²) < 4.78 is 2.35. The normalized spacial score (nSPS) is 11.6. The fourth-order valence-corrected chi connectivity index (χ4v) is 6.39. The van der Waals surface area contributed by atoms with Gasteiger partial charge in [-0.05, 0) is 57.9 Å². The quantitative estimate of drug-likeness (QED) is 0.210. The van der Waals surface area contributed by atoms with Gasteiger partial charge in [0.2, 0.25) is 0 Å². The highest BCUT2D eigenvalue weighted by Gasteiger charge is 2.15. The molecule has 9 rings (SSSR count). The average molecular weight is 575 g/mol. The Bertz CT molecular complexity index is 2490. The van der Waals surface area contributed by atoms with E-state index in [1.165, 1.54) is 27.2 Å². The van der Waals surface area contributed by atoms with Gasteiger partial charge < -0.3 is 4.57 Å². The van der Waals surface area contributed by atoms with Gasteiger partial charge in [-0.1, -0.05) is 121 Å². The van der Waals surface area contributed by atoms with Gasteiger partial charge in [0.25, 0.3) is 0 Å². The van der Waals surface area contributed by atoms with Gasteiger partial charge in [-0.2, -0.15) is 0 Å². The Morgan fingerprint density at radius 2 is 0.800 bits per heavy atom. The van der Waals surface area contributed by atoms with Crippen LogP contribution in [0, 0.1) is 0 Å². The summed E-state index contributed by atoms with van der Waals surface area (Å²) in [6, 6.07) is 55.2. The van der Waals surface area contributed by atoms with Gasteiger partial charge >= 0.3 is 0 Å². The molecule has 0 aliphatic heterocycles. The lowest BCUT2D eigenvalue weighted by Gasteiger charge is -2.11. The minimum atomic E-state index is 0.653. The summed E-state index contributed by atoms with van der Waals surface area (Å²) in [5.41, 5.74) is 6.42. The number of fused-ring (bicyclic) bond motifs is 5. The summed E-state index contributed by atoms with van der Waals surface area (Å²) in [6.45, 7) is 0. The number of aromatic nitrogens is 4. The number of nitrogens with zero attached hydrogens (tertiary/aromatic N) is 4. The molecule has 4 nitrogen and oxygen atoms in total. The maximum Gasteiger partial charge on any atom is 0.164 e. The van der Waals surface area contributed by atoms with E-state index in [0.29, 0.717) is 17.5 Å². The van der Waals surface area contributed by atoms with E-state index in [1.54, 1.807) is 0 Å². The van der Waals surface area contributed by atoms with E-state index in [2.05, 4.69) is 132 Å². The first-order valence-corrected chi connectivity index (χ1v) is 15.1. The first kappa shape index (κ1) is 25.4. The van der Waals surface area contributed by atoms with E-state index in [-0.39, 0.29) is 0 Å². The molecule has 0 N–H and O–H groups in total. The van der Waals surface area contributed by atoms with E-state index in [1.807, 2.05) is 30.3 Å². The summed E-state index contributed by atoms with van der Waals surface area (Å²) in [5, 5.41) is 7.15. The molecular weight excluding hydrogens is 548 g/mol. The van der Waals surface area contributed by atoms with Crippen molar-refractivity contribution in [1.82, 2.24) is 19.5 Å². The first-order valence-electron chi connectivity index (χ1n) is 15.1. The van der Waals surface area contributed by atoms with Gasteiger partial charge in [-0.15, -0.1) is 0 Å². The zero-order chi connectivity index (χ0) is 29.7. The molecule has 2 heterocycles. The van der Waals surface area contributed by atoms with Crippen molar-refractivity contribution in [2.75, 3.05) is 0 Å². The fraction of sp³-hybridized carbons (Fsp3) is 0. The summed E-state index contributed by atoms with van der Waals surface area (Å²) in [7, 11) is 0. The minimum absolute atomic E-state index is 0.653. The third-order valence-electron chi connectivity index (χ3n) is 8.60. The molecular formula is C41H26N4. The van der Waals surface area contributed by atoms with Gasteiger partial charge in [0.15, 0.2) is 17.5 Å². The Labute approximate surface area is 259 Å². The predicted octanol–water partition coefficient (Wildman–Crippen LogP) is 10.3. The molecule has 0 aliphatic rings. The number of benzene rings is 7. The minimum Gasteiger partial charge on any atom is -0.309 e.